The molecule has 1 atom stereocenters. The number of piperazine rings is 1. The first kappa shape index (κ1) is 21.8. The molecule has 29 heavy (non-hydrogen) atoms. The van der Waals surface area contributed by atoms with Gasteiger partial charge in [-0.15, -0.1) is 0 Å². The summed E-state index contributed by atoms with van der Waals surface area (Å²) in [5.41, 5.74) is 1.39. The average Bonchev–Trinajstić information content (AvgIpc) is 2.96. The van der Waals surface area contributed by atoms with Gasteiger partial charge in [-0.3, -0.25) is 14.5 Å². The molecule has 2 amide bonds. The Morgan fingerprint density at radius 3 is 2.66 bits per heavy atom. The van der Waals surface area contributed by atoms with Crippen molar-refractivity contribution in [1.29, 1.82) is 0 Å². The summed E-state index contributed by atoms with van der Waals surface area (Å²) in [5.74, 6) is 0.111. The SMILES string of the molecule is CC(C)N1CCNC(=O)[C@@H]1CC(=O)N1CCCN(CCCc2ccccc2)CC1. The zero-order valence-corrected chi connectivity index (χ0v) is 18.0. The second-order valence-corrected chi connectivity index (χ2v) is 8.51. The van der Waals surface area contributed by atoms with E-state index in [4.69, 9.17) is 0 Å². The maximum absolute atomic E-state index is 12.9. The molecule has 0 aliphatic carbocycles. The summed E-state index contributed by atoms with van der Waals surface area (Å²) >= 11 is 0. The highest BCUT2D eigenvalue weighted by Crippen LogP contribution is 2.15. The molecule has 0 radical (unpaired) electrons. The van der Waals surface area contributed by atoms with Gasteiger partial charge in [0.15, 0.2) is 0 Å². The van der Waals surface area contributed by atoms with Crippen molar-refractivity contribution in [2.24, 2.45) is 0 Å². The van der Waals surface area contributed by atoms with Gasteiger partial charge in [0.25, 0.3) is 0 Å². The molecule has 2 aliphatic rings. The fourth-order valence-corrected chi connectivity index (χ4v) is 4.45. The zero-order chi connectivity index (χ0) is 20.6. The molecule has 6 nitrogen and oxygen atoms in total. The quantitative estimate of drug-likeness (QED) is 0.758. The topological polar surface area (TPSA) is 55.9 Å². The zero-order valence-electron chi connectivity index (χ0n) is 18.0. The molecule has 1 aromatic carbocycles. The van der Waals surface area contributed by atoms with Gasteiger partial charge in [0.05, 0.1) is 12.5 Å². The summed E-state index contributed by atoms with van der Waals surface area (Å²) in [5, 5.41) is 2.92. The first-order valence-electron chi connectivity index (χ1n) is 11.1. The summed E-state index contributed by atoms with van der Waals surface area (Å²) in [7, 11) is 0. The summed E-state index contributed by atoms with van der Waals surface area (Å²) in [6.45, 7) is 10.3. The number of amides is 2. The van der Waals surface area contributed by atoms with E-state index >= 15 is 0 Å². The average molecular weight is 401 g/mol. The van der Waals surface area contributed by atoms with E-state index in [1.807, 2.05) is 4.90 Å². The Bertz CT molecular complexity index is 664. The fourth-order valence-electron chi connectivity index (χ4n) is 4.45. The Kier molecular flexibility index (Phi) is 8.07. The smallest absolute Gasteiger partial charge is 0.237 e. The molecular weight excluding hydrogens is 364 g/mol. The number of aryl methyl sites for hydroxylation is 1. The van der Waals surface area contributed by atoms with Crippen LogP contribution in [0.1, 0.15) is 38.7 Å². The van der Waals surface area contributed by atoms with E-state index in [2.05, 4.69) is 59.3 Å². The van der Waals surface area contributed by atoms with Gasteiger partial charge >= 0.3 is 0 Å². The van der Waals surface area contributed by atoms with E-state index in [1.54, 1.807) is 0 Å². The van der Waals surface area contributed by atoms with Gasteiger partial charge in [-0.2, -0.15) is 0 Å². The van der Waals surface area contributed by atoms with E-state index in [9.17, 15) is 9.59 Å². The molecule has 160 valence electrons. The number of carbonyl (C=O) groups excluding carboxylic acids is 2. The first-order valence-corrected chi connectivity index (χ1v) is 11.1. The Balaban J connectivity index is 1.45. The molecule has 0 bridgehead atoms. The molecule has 0 aromatic heterocycles. The molecule has 1 aromatic rings. The van der Waals surface area contributed by atoms with Crippen molar-refractivity contribution in [1.82, 2.24) is 20.0 Å². The largest absolute Gasteiger partial charge is 0.353 e. The van der Waals surface area contributed by atoms with Crippen LogP contribution >= 0.6 is 0 Å². The van der Waals surface area contributed by atoms with Crippen molar-refractivity contribution in [3.05, 3.63) is 35.9 Å². The van der Waals surface area contributed by atoms with Crippen molar-refractivity contribution in [3.8, 4) is 0 Å². The van der Waals surface area contributed by atoms with Crippen LogP contribution in [0.2, 0.25) is 0 Å². The minimum atomic E-state index is -0.332. The summed E-state index contributed by atoms with van der Waals surface area (Å²) in [6.07, 6.45) is 3.53. The van der Waals surface area contributed by atoms with Gasteiger partial charge in [-0.25, -0.2) is 0 Å². The van der Waals surface area contributed by atoms with Gasteiger partial charge < -0.3 is 15.1 Å². The third-order valence-corrected chi connectivity index (χ3v) is 6.13. The second-order valence-electron chi connectivity index (χ2n) is 8.51. The van der Waals surface area contributed by atoms with Crippen LogP contribution in [0.15, 0.2) is 30.3 Å². The van der Waals surface area contributed by atoms with Crippen molar-refractivity contribution in [2.45, 2.75) is 51.6 Å². The molecule has 0 saturated carbocycles. The molecule has 3 rings (SSSR count). The van der Waals surface area contributed by atoms with Crippen molar-refractivity contribution >= 4 is 11.8 Å². The lowest BCUT2D eigenvalue weighted by atomic mass is 10.1. The second kappa shape index (κ2) is 10.7. The van der Waals surface area contributed by atoms with Gasteiger partial charge in [-0.05, 0) is 51.8 Å². The number of carbonyl (C=O) groups is 2. The maximum Gasteiger partial charge on any atom is 0.237 e. The van der Waals surface area contributed by atoms with Crippen LogP contribution in [0, 0.1) is 0 Å². The Morgan fingerprint density at radius 2 is 1.90 bits per heavy atom. The third-order valence-electron chi connectivity index (χ3n) is 6.13. The van der Waals surface area contributed by atoms with Crippen molar-refractivity contribution < 1.29 is 9.59 Å². The van der Waals surface area contributed by atoms with Gasteiger partial charge in [-0.1, -0.05) is 30.3 Å². The number of nitrogens with zero attached hydrogens (tertiary/aromatic N) is 3. The number of hydrogen-bond acceptors (Lipinski definition) is 4. The highest BCUT2D eigenvalue weighted by Gasteiger charge is 2.34. The fraction of sp³-hybridized carbons (Fsp3) is 0.652. The molecular formula is C23H36N4O2. The first-order chi connectivity index (χ1) is 14.0. The molecule has 2 aliphatic heterocycles. The van der Waals surface area contributed by atoms with Crippen LogP contribution < -0.4 is 5.32 Å². The summed E-state index contributed by atoms with van der Waals surface area (Å²) in [6, 6.07) is 10.6. The minimum Gasteiger partial charge on any atom is -0.353 e. The summed E-state index contributed by atoms with van der Waals surface area (Å²) in [4.78, 5) is 31.9. The number of rotatable bonds is 7. The number of nitrogens with one attached hydrogen (secondary N) is 1. The lowest BCUT2D eigenvalue weighted by molar-refractivity contribution is -0.139. The van der Waals surface area contributed by atoms with Gasteiger partial charge in [0, 0.05) is 38.8 Å². The van der Waals surface area contributed by atoms with Crippen LogP contribution in [0.3, 0.4) is 0 Å². The molecule has 2 heterocycles. The van der Waals surface area contributed by atoms with Crippen LogP contribution in [-0.4, -0.2) is 84.4 Å². The monoisotopic (exact) mass is 400 g/mol. The normalized spacial score (nSPS) is 21.8. The minimum absolute atomic E-state index is 0.00402. The summed E-state index contributed by atoms with van der Waals surface area (Å²) < 4.78 is 0. The molecule has 2 fully saturated rings. The van der Waals surface area contributed by atoms with E-state index in [0.717, 1.165) is 58.5 Å². The van der Waals surface area contributed by atoms with Crippen molar-refractivity contribution in [3.63, 3.8) is 0 Å². The van der Waals surface area contributed by atoms with Crippen LogP contribution in [0.5, 0.6) is 0 Å². The van der Waals surface area contributed by atoms with Crippen molar-refractivity contribution in [2.75, 3.05) is 45.8 Å². The predicted octanol–water partition coefficient (Wildman–Crippen LogP) is 1.75. The van der Waals surface area contributed by atoms with Gasteiger partial charge in [0.1, 0.15) is 0 Å². The molecule has 0 spiro atoms. The highest BCUT2D eigenvalue weighted by molar-refractivity contribution is 5.88. The van der Waals surface area contributed by atoms with Crippen LogP contribution in [0.25, 0.3) is 0 Å². The molecule has 6 heteroatoms. The maximum atomic E-state index is 12.9. The third kappa shape index (κ3) is 6.28. The molecule has 1 N–H and O–H groups in total. The Morgan fingerprint density at radius 1 is 1.10 bits per heavy atom. The number of hydrogen-bond donors (Lipinski definition) is 1. The standard InChI is InChI=1S/C23H36N4O2/c1-19(2)27-15-11-24-23(29)21(27)18-22(28)26-14-7-13-25(16-17-26)12-6-10-20-8-4-3-5-9-20/h3-5,8-9,19,21H,6-7,10-18H2,1-2H3,(H,24,29)/t21-/m0/s1. The van der Waals surface area contributed by atoms with Gasteiger partial charge in [0.2, 0.25) is 11.8 Å². The highest BCUT2D eigenvalue weighted by atomic mass is 16.2. The Hall–Kier alpha value is -1.92. The number of benzene rings is 1. The van der Waals surface area contributed by atoms with Crippen LogP contribution in [-0.2, 0) is 16.0 Å². The van der Waals surface area contributed by atoms with E-state index < -0.39 is 0 Å². The predicted molar refractivity (Wildman–Crippen MR) is 116 cm³/mol. The van der Waals surface area contributed by atoms with E-state index in [1.165, 1.54) is 5.56 Å². The van der Waals surface area contributed by atoms with Crippen LogP contribution in [0.4, 0.5) is 0 Å². The van der Waals surface area contributed by atoms with E-state index in [-0.39, 0.29) is 30.3 Å². The Labute approximate surface area is 175 Å². The van der Waals surface area contributed by atoms with E-state index in [0.29, 0.717) is 6.54 Å². The molecule has 0 unspecified atom stereocenters. The lowest BCUT2D eigenvalue weighted by Gasteiger charge is -2.38. The molecule has 2 saturated heterocycles. The lowest BCUT2D eigenvalue weighted by Crippen LogP contribution is -2.58.